The molecule has 0 saturated carbocycles. The lowest BCUT2D eigenvalue weighted by molar-refractivity contribution is -0.121. The Kier molecular flexibility index (Phi) is 7.99. The average molecular weight is 432 g/mol. The van der Waals surface area contributed by atoms with Crippen molar-refractivity contribution in [1.82, 2.24) is 5.43 Å². The first-order valence-electron chi connectivity index (χ1n) is 9.06. The van der Waals surface area contributed by atoms with Gasteiger partial charge in [0, 0.05) is 0 Å². The molecule has 1 N–H and O–H groups in total. The van der Waals surface area contributed by atoms with E-state index in [0.717, 1.165) is 16.1 Å². The molecule has 0 aromatic heterocycles. The summed E-state index contributed by atoms with van der Waals surface area (Å²) >= 11 is 0. The monoisotopic (exact) mass is 431 g/mol. The van der Waals surface area contributed by atoms with Crippen LogP contribution in [0.1, 0.15) is 12.5 Å². The van der Waals surface area contributed by atoms with Crippen LogP contribution < -0.4 is 19.2 Å². The SMILES string of the molecule is C=CCOc1ccc(/C=N\NC(=O)[C@@H](C)N(c2ccc(OC)cc2)S(C)(=O)=O)cc1. The molecule has 0 aliphatic heterocycles. The second-order valence-corrected chi connectivity index (χ2v) is 8.20. The molecule has 0 aliphatic carbocycles. The summed E-state index contributed by atoms with van der Waals surface area (Å²) in [6.07, 6.45) is 4.15. The zero-order valence-corrected chi connectivity index (χ0v) is 17.9. The minimum absolute atomic E-state index is 0.347. The van der Waals surface area contributed by atoms with E-state index in [0.29, 0.717) is 23.8 Å². The number of anilines is 1. The van der Waals surface area contributed by atoms with Gasteiger partial charge in [-0.15, -0.1) is 0 Å². The number of benzene rings is 2. The number of ether oxygens (including phenoxy) is 2. The fourth-order valence-corrected chi connectivity index (χ4v) is 3.78. The van der Waals surface area contributed by atoms with Gasteiger partial charge >= 0.3 is 0 Å². The molecule has 0 unspecified atom stereocenters. The number of nitrogens with one attached hydrogen (secondary N) is 1. The van der Waals surface area contributed by atoms with E-state index in [1.54, 1.807) is 54.6 Å². The van der Waals surface area contributed by atoms with E-state index in [1.807, 2.05) is 0 Å². The largest absolute Gasteiger partial charge is 0.497 e. The number of amides is 1. The summed E-state index contributed by atoms with van der Waals surface area (Å²) in [7, 11) is -2.20. The lowest BCUT2D eigenvalue weighted by Gasteiger charge is -2.27. The topological polar surface area (TPSA) is 97.3 Å². The maximum Gasteiger partial charge on any atom is 0.263 e. The molecule has 2 rings (SSSR count). The first-order valence-corrected chi connectivity index (χ1v) is 10.9. The van der Waals surface area contributed by atoms with E-state index in [4.69, 9.17) is 9.47 Å². The highest BCUT2D eigenvalue weighted by molar-refractivity contribution is 7.92. The molecule has 30 heavy (non-hydrogen) atoms. The molecule has 0 heterocycles. The third-order valence-corrected chi connectivity index (χ3v) is 5.29. The second-order valence-electron chi connectivity index (χ2n) is 6.34. The van der Waals surface area contributed by atoms with Crippen LogP contribution >= 0.6 is 0 Å². The van der Waals surface area contributed by atoms with Crippen LogP contribution in [0.4, 0.5) is 5.69 Å². The van der Waals surface area contributed by atoms with E-state index < -0.39 is 22.0 Å². The van der Waals surface area contributed by atoms with Crippen molar-refractivity contribution in [3.05, 3.63) is 66.7 Å². The van der Waals surface area contributed by atoms with Crippen LogP contribution in [0.15, 0.2) is 66.3 Å². The molecule has 2 aromatic rings. The van der Waals surface area contributed by atoms with Gasteiger partial charge in [-0.3, -0.25) is 9.10 Å². The Balaban J connectivity index is 2.07. The third-order valence-electron chi connectivity index (χ3n) is 4.05. The van der Waals surface area contributed by atoms with Crippen molar-refractivity contribution in [3.63, 3.8) is 0 Å². The van der Waals surface area contributed by atoms with Crippen LogP contribution in [-0.4, -0.2) is 46.6 Å². The highest BCUT2D eigenvalue weighted by Gasteiger charge is 2.29. The van der Waals surface area contributed by atoms with Gasteiger partial charge in [-0.25, -0.2) is 13.8 Å². The maximum atomic E-state index is 12.5. The van der Waals surface area contributed by atoms with Gasteiger partial charge in [0.25, 0.3) is 5.91 Å². The zero-order valence-electron chi connectivity index (χ0n) is 17.1. The predicted octanol–water partition coefficient (Wildman–Crippen LogP) is 2.56. The number of rotatable bonds is 10. The van der Waals surface area contributed by atoms with Gasteiger partial charge in [0.05, 0.1) is 25.3 Å². The maximum absolute atomic E-state index is 12.5. The highest BCUT2D eigenvalue weighted by atomic mass is 32.2. The number of carbonyl (C=O) groups is 1. The summed E-state index contributed by atoms with van der Waals surface area (Å²) in [6.45, 7) is 5.48. The standard InChI is InChI=1S/C21H25N3O5S/c1-5-14-29-20-10-6-17(7-11-20)15-22-23-21(25)16(2)24(30(4,26)27)18-8-12-19(28-3)13-9-18/h5-13,15-16H,1,14H2,2-4H3,(H,23,25)/b22-15-/t16-/m1/s1. The van der Waals surface area contributed by atoms with Crippen molar-refractivity contribution >= 4 is 27.8 Å². The van der Waals surface area contributed by atoms with E-state index in [2.05, 4.69) is 17.1 Å². The molecule has 0 saturated heterocycles. The number of sulfonamides is 1. The number of nitrogens with zero attached hydrogens (tertiary/aromatic N) is 2. The molecule has 1 amide bonds. The summed E-state index contributed by atoms with van der Waals surface area (Å²) < 4.78 is 36.1. The highest BCUT2D eigenvalue weighted by Crippen LogP contribution is 2.23. The van der Waals surface area contributed by atoms with E-state index >= 15 is 0 Å². The molecule has 9 heteroatoms. The Labute approximate surface area is 176 Å². The average Bonchev–Trinajstić information content (AvgIpc) is 2.72. The first-order chi connectivity index (χ1) is 14.3. The van der Waals surface area contributed by atoms with Crippen LogP contribution in [0.25, 0.3) is 0 Å². The molecule has 0 fully saturated rings. The Bertz CT molecular complexity index is 986. The Morgan fingerprint density at radius 1 is 1.17 bits per heavy atom. The summed E-state index contributed by atoms with van der Waals surface area (Å²) in [5.41, 5.74) is 3.47. The van der Waals surface area contributed by atoms with Gasteiger partial charge in [0.2, 0.25) is 10.0 Å². The Hall–Kier alpha value is -3.33. The van der Waals surface area contributed by atoms with E-state index in [9.17, 15) is 13.2 Å². The molecule has 0 radical (unpaired) electrons. The van der Waals surface area contributed by atoms with Crippen molar-refractivity contribution in [1.29, 1.82) is 0 Å². The summed E-state index contributed by atoms with van der Waals surface area (Å²) in [5, 5.41) is 3.92. The number of carbonyl (C=O) groups excluding carboxylic acids is 1. The molecule has 1 atom stereocenters. The summed E-state index contributed by atoms with van der Waals surface area (Å²) in [5.74, 6) is 0.696. The fourth-order valence-electron chi connectivity index (χ4n) is 2.61. The van der Waals surface area contributed by atoms with Crippen LogP contribution in [0.3, 0.4) is 0 Å². The molecular formula is C21H25N3O5S. The quantitative estimate of drug-likeness (QED) is 0.354. The predicted molar refractivity (Wildman–Crippen MR) is 118 cm³/mol. The molecule has 0 aliphatic rings. The van der Waals surface area contributed by atoms with Crippen molar-refractivity contribution in [2.45, 2.75) is 13.0 Å². The Morgan fingerprint density at radius 2 is 1.77 bits per heavy atom. The van der Waals surface area contributed by atoms with Gasteiger partial charge in [-0.05, 0) is 61.0 Å². The molecule has 0 bridgehead atoms. The zero-order chi connectivity index (χ0) is 22.1. The molecular weight excluding hydrogens is 406 g/mol. The normalized spacial score (nSPS) is 12.2. The lowest BCUT2D eigenvalue weighted by Crippen LogP contribution is -2.46. The van der Waals surface area contributed by atoms with Crippen LogP contribution in [0.5, 0.6) is 11.5 Å². The van der Waals surface area contributed by atoms with Crippen LogP contribution in [-0.2, 0) is 14.8 Å². The summed E-state index contributed by atoms with van der Waals surface area (Å²) in [4.78, 5) is 12.5. The van der Waals surface area contributed by atoms with Crippen LogP contribution in [0, 0.1) is 0 Å². The van der Waals surface area contributed by atoms with Gasteiger partial charge in [0.1, 0.15) is 24.1 Å². The van der Waals surface area contributed by atoms with Gasteiger partial charge in [-0.1, -0.05) is 12.7 Å². The first kappa shape index (κ1) is 23.0. The third kappa shape index (κ3) is 6.35. The number of hydrogen-bond acceptors (Lipinski definition) is 6. The molecule has 8 nitrogen and oxygen atoms in total. The number of hydrogen-bond donors (Lipinski definition) is 1. The fraction of sp³-hybridized carbons (Fsp3) is 0.238. The van der Waals surface area contributed by atoms with Gasteiger partial charge in [0.15, 0.2) is 0 Å². The molecule has 160 valence electrons. The second kappa shape index (κ2) is 10.4. The molecule has 2 aromatic carbocycles. The summed E-state index contributed by atoms with van der Waals surface area (Å²) in [6, 6.07) is 12.5. The van der Waals surface area contributed by atoms with Gasteiger partial charge in [-0.2, -0.15) is 5.10 Å². The molecule has 0 spiro atoms. The lowest BCUT2D eigenvalue weighted by atomic mass is 10.2. The Morgan fingerprint density at radius 3 is 2.30 bits per heavy atom. The van der Waals surface area contributed by atoms with Gasteiger partial charge < -0.3 is 9.47 Å². The minimum Gasteiger partial charge on any atom is -0.497 e. The smallest absolute Gasteiger partial charge is 0.263 e. The van der Waals surface area contributed by atoms with Crippen molar-refractivity contribution in [2.75, 3.05) is 24.3 Å². The van der Waals surface area contributed by atoms with Crippen molar-refractivity contribution in [3.8, 4) is 11.5 Å². The van der Waals surface area contributed by atoms with Crippen molar-refractivity contribution < 1.29 is 22.7 Å². The minimum atomic E-state index is -3.71. The van der Waals surface area contributed by atoms with E-state index in [-0.39, 0.29) is 0 Å². The number of methoxy groups -OCH3 is 1. The van der Waals surface area contributed by atoms with Crippen LogP contribution in [0.2, 0.25) is 0 Å². The number of hydrazone groups is 1. The van der Waals surface area contributed by atoms with Crippen molar-refractivity contribution in [2.24, 2.45) is 5.10 Å². The van der Waals surface area contributed by atoms with E-state index in [1.165, 1.54) is 20.2 Å².